The lowest BCUT2D eigenvalue weighted by Gasteiger charge is -2.14. The van der Waals surface area contributed by atoms with Crippen LogP contribution in [0.25, 0.3) is 0 Å². The van der Waals surface area contributed by atoms with Gasteiger partial charge in [0.15, 0.2) is 0 Å². The zero-order chi connectivity index (χ0) is 12.9. The van der Waals surface area contributed by atoms with Crippen molar-refractivity contribution in [3.05, 3.63) is 18.3 Å². The van der Waals surface area contributed by atoms with Crippen LogP contribution in [0.2, 0.25) is 0 Å². The summed E-state index contributed by atoms with van der Waals surface area (Å²) < 4.78 is 41.3. The Bertz CT molecular complexity index is 353. The minimum absolute atomic E-state index is 0.0759. The van der Waals surface area contributed by atoms with Crippen molar-refractivity contribution in [1.29, 1.82) is 0 Å². The Morgan fingerprint density at radius 1 is 1.41 bits per heavy atom. The van der Waals surface area contributed by atoms with Gasteiger partial charge in [-0.1, -0.05) is 0 Å². The van der Waals surface area contributed by atoms with Crippen LogP contribution in [0.1, 0.15) is 20.3 Å². The van der Waals surface area contributed by atoms with Crippen molar-refractivity contribution < 1.29 is 17.9 Å². The number of nitrogens with one attached hydrogen (secondary N) is 1. The molecule has 0 atom stereocenters. The zero-order valence-corrected chi connectivity index (χ0v) is 9.71. The van der Waals surface area contributed by atoms with E-state index in [1.54, 1.807) is 12.1 Å². The lowest BCUT2D eigenvalue weighted by atomic mass is 10.3. The molecule has 1 aromatic rings. The predicted molar refractivity (Wildman–Crippen MR) is 59.2 cm³/mol. The Kier molecular flexibility index (Phi) is 4.60. The number of ether oxygens (including phenoxy) is 1. The molecule has 1 aromatic heterocycles. The lowest BCUT2D eigenvalue weighted by Crippen LogP contribution is -2.16. The quantitative estimate of drug-likeness (QED) is 0.868. The van der Waals surface area contributed by atoms with E-state index < -0.39 is 12.6 Å². The highest BCUT2D eigenvalue weighted by atomic mass is 19.4. The summed E-state index contributed by atoms with van der Waals surface area (Å²) >= 11 is 0. The number of alkyl halides is 3. The Labute approximate surface area is 98.0 Å². The van der Waals surface area contributed by atoms with Crippen LogP contribution in [0.5, 0.6) is 5.88 Å². The predicted octanol–water partition coefficient (Wildman–Crippen LogP) is 3.23. The number of anilines is 1. The third kappa shape index (κ3) is 5.42. The molecule has 96 valence electrons. The van der Waals surface area contributed by atoms with E-state index in [1.165, 1.54) is 6.20 Å². The van der Waals surface area contributed by atoms with E-state index in [4.69, 9.17) is 4.74 Å². The van der Waals surface area contributed by atoms with Gasteiger partial charge >= 0.3 is 6.18 Å². The fourth-order valence-electron chi connectivity index (χ4n) is 1.18. The van der Waals surface area contributed by atoms with Crippen LogP contribution < -0.4 is 10.1 Å². The average Bonchev–Trinajstić information content (AvgIpc) is 2.18. The molecule has 1 heterocycles. The van der Waals surface area contributed by atoms with Gasteiger partial charge in [-0.15, -0.1) is 0 Å². The Balaban J connectivity index is 2.58. The standard InChI is InChI=1S/C11H15F3N2O/c1-8(2)17-10-9(4-3-6-16-10)15-7-5-11(12,13)14/h3-4,6,8,15H,5,7H2,1-2H3. The van der Waals surface area contributed by atoms with Gasteiger partial charge in [-0.25, -0.2) is 4.98 Å². The van der Waals surface area contributed by atoms with Gasteiger partial charge in [-0.2, -0.15) is 13.2 Å². The van der Waals surface area contributed by atoms with Gasteiger partial charge in [0, 0.05) is 12.7 Å². The molecule has 0 aromatic carbocycles. The topological polar surface area (TPSA) is 34.1 Å². The molecule has 1 N–H and O–H groups in total. The molecular formula is C11H15F3N2O. The van der Waals surface area contributed by atoms with Crippen LogP contribution in [0.4, 0.5) is 18.9 Å². The molecule has 0 saturated heterocycles. The summed E-state index contributed by atoms with van der Waals surface area (Å²) in [5.41, 5.74) is 0.477. The van der Waals surface area contributed by atoms with Crippen LogP contribution in [0.3, 0.4) is 0 Å². The van der Waals surface area contributed by atoms with Crippen molar-refractivity contribution in [2.24, 2.45) is 0 Å². The molecular weight excluding hydrogens is 233 g/mol. The lowest BCUT2D eigenvalue weighted by molar-refractivity contribution is -0.131. The fraction of sp³-hybridized carbons (Fsp3) is 0.545. The summed E-state index contributed by atoms with van der Waals surface area (Å²) in [6.45, 7) is 3.46. The molecule has 0 bridgehead atoms. The molecule has 0 spiro atoms. The van der Waals surface area contributed by atoms with Crippen molar-refractivity contribution in [1.82, 2.24) is 4.98 Å². The number of aromatic nitrogens is 1. The fourth-order valence-corrected chi connectivity index (χ4v) is 1.18. The molecule has 0 fully saturated rings. The molecule has 3 nitrogen and oxygen atoms in total. The van der Waals surface area contributed by atoms with E-state index in [-0.39, 0.29) is 12.6 Å². The van der Waals surface area contributed by atoms with Crippen molar-refractivity contribution >= 4 is 5.69 Å². The highest BCUT2D eigenvalue weighted by Gasteiger charge is 2.26. The molecule has 0 aliphatic heterocycles. The largest absolute Gasteiger partial charge is 0.473 e. The van der Waals surface area contributed by atoms with E-state index >= 15 is 0 Å². The minimum atomic E-state index is -4.16. The second kappa shape index (κ2) is 5.75. The van der Waals surface area contributed by atoms with Gasteiger partial charge in [-0.05, 0) is 26.0 Å². The van der Waals surface area contributed by atoms with E-state index in [1.807, 2.05) is 13.8 Å². The first-order valence-corrected chi connectivity index (χ1v) is 5.31. The maximum atomic E-state index is 12.0. The maximum Gasteiger partial charge on any atom is 0.390 e. The van der Waals surface area contributed by atoms with Crippen molar-refractivity contribution in [2.75, 3.05) is 11.9 Å². The summed E-state index contributed by atoms with van der Waals surface area (Å²) in [5.74, 6) is 0.324. The van der Waals surface area contributed by atoms with Gasteiger partial charge in [-0.3, -0.25) is 0 Å². The number of hydrogen-bond donors (Lipinski definition) is 1. The first-order valence-electron chi connectivity index (χ1n) is 5.31. The average molecular weight is 248 g/mol. The van der Waals surface area contributed by atoms with Gasteiger partial charge in [0.2, 0.25) is 5.88 Å². The molecule has 0 aliphatic rings. The summed E-state index contributed by atoms with van der Waals surface area (Å²) in [4.78, 5) is 3.97. The third-order valence-corrected chi connectivity index (χ3v) is 1.84. The summed E-state index contributed by atoms with van der Waals surface area (Å²) in [6, 6.07) is 3.28. The molecule has 0 amide bonds. The van der Waals surface area contributed by atoms with Gasteiger partial charge in [0.25, 0.3) is 0 Å². The summed E-state index contributed by atoms with van der Waals surface area (Å²) in [7, 11) is 0. The van der Waals surface area contributed by atoms with Crippen LogP contribution >= 0.6 is 0 Å². The van der Waals surface area contributed by atoms with Crippen LogP contribution in [0, 0.1) is 0 Å². The molecule has 0 aliphatic carbocycles. The SMILES string of the molecule is CC(C)Oc1ncccc1NCCC(F)(F)F. The van der Waals surface area contributed by atoms with E-state index in [0.717, 1.165) is 0 Å². The summed E-state index contributed by atoms with van der Waals surface area (Å²) in [6.07, 6.45) is -3.59. The molecule has 6 heteroatoms. The highest BCUT2D eigenvalue weighted by Crippen LogP contribution is 2.23. The van der Waals surface area contributed by atoms with Crippen LogP contribution in [-0.4, -0.2) is 23.8 Å². The Morgan fingerprint density at radius 2 is 2.12 bits per heavy atom. The second-order valence-corrected chi connectivity index (χ2v) is 3.81. The molecule has 1 rings (SSSR count). The second-order valence-electron chi connectivity index (χ2n) is 3.81. The molecule has 0 saturated carbocycles. The number of pyridine rings is 1. The summed E-state index contributed by atoms with van der Waals surface area (Å²) in [5, 5.41) is 2.67. The Hall–Kier alpha value is -1.46. The van der Waals surface area contributed by atoms with Gasteiger partial charge in [0.1, 0.15) is 0 Å². The normalized spacial score (nSPS) is 11.6. The molecule has 0 unspecified atom stereocenters. The van der Waals surface area contributed by atoms with Crippen LogP contribution in [0.15, 0.2) is 18.3 Å². The van der Waals surface area contributed by atoms with Gasteiger partial charge in [0.05, 0.1) is 18.2 Å². The zero-order valence-electron chi connectivity index (χ0n) is 9.71. The number of halogens is 3. The van der Waals surface area contributed by atoms with Crippen molar-refractivity contribution in [3.63, 3.8) is 0 Å². The minimum Gasteiger partial charge on any atom is -0.473 e. The maximum absolute atomic E-state index is 12.0. The third-order valence-electron chi connectivity index (χ3n) is 1.84. The first kappa shape index (κ1) is 13.6. The van der Waals surface area contributed by atoms with Gasteiger partial charge < -0.3 is 10.1 Å². The van der Waals surface area contributed by atoms with E-state index in [9.17, 15) is 13.2 Å². The van der Waals surface area contributed by atoms with Crippen molar-refractivity contribution in [3.8, 4) is 5.88 Å². The number of rotatable bonds is 5. The van der Waals surface area contributed by atoms with E-state index in [0.29, 0.717) is 11.6 Å². The number of nitrogens with zero attached hydrogens (tertiary/aromatic N) is 1. The number of hydrogen-bond acceptors (Lipinski definition) is 3. The monoisotopic (exact) mass is 248 g/mol. The molecule has 17 heavy (non-hydrogen) atoms. The molecule has 0 radical (unpaired) electrons. The van der Waals surface area contributed by atoms with Crippen molar-refractivity contribution in [2.45, 2.75) is 32.5 Å². The highest BCUT2D eigenvalue weighted by molar-refractivity contribution is 5.51. The van der Waals surface area contributed by atoms with Crippen LogP contribution in [-0.2, 0) is 0 Å². The smallest absolute Gasteiger partial charge is 0.390 e. The first-order chi connectivity index (χ1) is 7.88. The van der Waals surface area contributed by atoms with E-state index in [2.05, 4.69) is 10.3 Å². The Morgan fingerprint density at radius 3 is 2.71 bits per heavy atom.